The van der Waals surface area contributed by atoms with Crippen molar-refractivity contribution in [2.75, 3.05) is 13.7 Å². The van der Waals surface area contributed by atoms with Gasteiger partial charge in [0.25, 0.3) is 11.8 Å². The number of Topliss-reactive ketones (excluding diaryl/α,β-unsaturated/α-hetero) is 1. The van der Waals surface area contributed by atoms with Crippen molar-refractivity contribution in [2.24, 2.45) is 0 Å². The van der Waals surface area contributed by atoms with Crippen LogP contribution in [0.2, 0.25) is 0 Å². The molecular weight excluding hydrogens is 461 g/mol. The number of nitrogens with one attached hydrogen (secondary N) is 1. The molecule has 36 heavy (non-hydrogen) atoms. The van der Waals surface area contributed by atoms with E-state index in [4.69, 9.17) is 9.26 Å². The molecule has 1 aromatic heterocycles. The van der Waals surface area contributed by atoms with Gasteiger partial charge >= 0.3 is 0 Å². The minimum atomic E-state index is -0.718. The maximum absolute atomic E-state index is 14.6. The Balaban J connectivity index is 1.58. The van der Waals surface area contributed by atoms with Crippen LogP contribution in [0.3, 0.4) is 0 Å². The number of hydrogen-bond donors (Lipinski definition) is 1. The Bertz CT molecular complexity index is 1410. The molecule has 0 unspecified atom stereocenters. The first kappa shape index (κ1) is 24.9. The lowest BCUT2D eigenvalue weighted by atomic mass is 9.94. The molecule has 0 saturated heterocycles. The lowest BCUT2D eigenvalue weighted by Crippen LogP contribution is -2.26. The molecule has 0 atom stereocenters. The molecule has 0 aliphatic rings. The Morgan fingerprint density at radius 3 is 2.53 bits per heavy atom. The molecule has 7 nitrogen and oxygen atoms in total. The van der Waals surface area contributed by atoms with E-state index in [1.54, 1.807) is 13.2 Å². The summed E-state index contributed by atoms with van der Waals surface area (Å²) in [6.07, 6.45) is 0.190. The van der Waals surface area contributed by atoms with Gasteiger partial charge in [-0.15, -0.1) is 0 Å². The summed E-state index contributed by atoms with van der Waals surface area (Å²) in [6, 6.07) is 18.1. The van der Waals surface area contributed by atoms with Crippen LogP contribution in [0.1, 0.15) is 34.8 Å². The SMILES string of the molecule is COCc1cc(-c2nc(-c3ccc(C(=O)NCCC(C)=O)c(F)c3)no2)ccc1-c1ccccc1C. The van der Waals surface area contributed by atoms with Gasteiger partial charge in [0, 0.05) is 31.2 Å². The summed E-state index contributed by atoms with van der Waals surface area (Å²) < 4.78 is 25.5. The van der Waals surface area contributed by atoms with Crippen LogP contribution in [-0.2, 0) is 16.1 Å². The van der Waals surface area contributed by atoms with Gasteiger partial charge < -0.3 is 14.6 Å². The number of hydrogen-bond acceptors (Lipinski definition) is 6. The highest BCUT2D eigenvalue weighted by Crippen LogP contribution is 2.32. The number of aryl methyl sites for hydroxylation is 1. The van der Waals surface area contributed by atoms with E-state index in [-0.39, 0.29) is 36.0 Å². The third-order valence-corrected chi connectivity index (χ3v) is 5.75. The van der Waals surface area contributed by atoms with Crippen LogP contribution in [0.15, 0.2) is 65.2 Å². The summed E-state index contributed by atoms with van der Waals surface area (Å²) >= 11 is 0. The summed E-state index contributed by atoms with van der Waals surface area (Å²) in [5.41, 5.74) is 5.25. The molecule has 0 aliphatic heterocycles. The predicted octanol–water partition coefficient (Wildman–Crippen LogP) is 5.37. The average molecular weight is 488 g/mol. The quantitative estimate of drug-likeness (QED) is 0.341. The lowest BCUT2D eigenvalue weighted by Gasteiger charge is -2.12. The fraction of sp³-hybridized carbons (Fsp3) is 0.214. The number of benzene rings is 3. The second-order valence-corrected chi connectivity index (χ2v) is 8.45. The predicted molar refractivity (Wildman–Crippen MR) is 134 cm³/mol. The molecule has 0 radical (unpaired) electrons. The van der Waals surface area contributed by atoms with Crippen molar-refractivity contribution < 1.29 is 23.2 Å². The Kier molecular flexibility index (Phi) is 7.65. The molecular formula is C28H26FN3O4. The van der Waals surface area contributed by atoms with E-state index in [0.29, 0.717) is 17.7 Å². The number of ether oxygens (including phenoxy) is 1. The van der Waals surface area contributed by atoms with E-state index in [0.717, 1.165) is 22.3 Å². The Hall–Kier alpha value is -4.17. The van der Waals surface area contributed by atoms with Gasteiger partial charge in [-0.1, -0.05) is 41.6 Å². The van der Waals surface area contributed by atoms with Crippen LogP contribution in [0.25, 0.3) is 34.0 Å². The first-order chi connectivity index (χ1) is 17.4. The number of rotatable bonds is 9. The summed E-state index contributed by atoms with van der Waals surface area (Å²) in [5, 5.41) is 6.53. The van der Waals surface area contributed by atoms with Crippen molar-refractivity contribution in [1.82, 2.24) is 15.5 Å². The Morgan fingerprint density at radius 2 is 1.81 bits per heavy atom. The lowest BCUT2D eigenvalue weighted by molar-refractivity contribution is -0.116. The summed E-state index contributed by atoms with van der Waals surface area (Å²) in [4.78, 5) is 27.7. The standard InChI is InChI=1S/C28H26FN3O4/c1-17-6-4-5-7-22(17)23-10-9-20(14-21(23)16-35-3)28-31-26(32-36-28)19-8-11-24(25(29)15-19)27(34)30-13-12-18(2)33/h4-11,14-15H,12-13,16H2,1-3H3,(H,30,34). The van der Waals surface area contributed by atoms with Crippen LogP contribution in [0.5, 0.6) is 0 Å². The molecule has 3 aromatic carbocycles. The first-order valence-corrected chi connectivity index (χ1v) is 11.5. The number of amides is 1. The van der Waals surface area contributed by atoms with E-state index < -0.39 is 11.7 Å². The third kappa shape index (κ3) is 5.55. The van der Waals surface area contributed by atoms with Crippen LogP contribution < -0.4 is 5.32 Å². The second kappa shape index (κ2) is 11.0. The second-order valence-electron chi connectivity index (χ2n) is 8.45. The van der Waals surface area contributed by atoms with Crippen molar-refractivity contribution in [2.45, 2.75) is 26.9 Å². The van der Waals surface area contributed by atoms with E-state index in [1.165, 1.54) is 19.1 Å². The van der Waals surface area contributed by atoms with E-state index in [9.17, 15) is 14.0 Å². The molecule has 0 aliphatic carbocycles. The number of aromatic nitrogens is 2. The molecule has 0 fully saturated rings. The summed E-state index contributed by atoms with van der Waals surface area (Å²) in [7, 11) is 1.64. The molecule has 184 valence electrons. The van der Waals surface area contributed by atoms with Crippen LogP contribution in [-0.4, -0.2) is 35.5 Å². The van der Waals surface area contributed by atoms with Gasteiger partial charge in [-0.2, -0.15) is 4.98 Å². The highest BCUT2D eigenvalue weighted by molar-refractivity contribution is 5.95. The molecule has 4 aromatic rings. The number of nitrogens with zero attached hydrogens (tertiary/aromatic N) is 2. The van der Waals surface area contributed by atoms with Crippen LogP contribution >= 0.6 is 0 Å². The number of methoxy groups -OCH3 is 1. The first-order valence-electron chi connectivity index (χ1n) is 11.5. The van der Waals surface area contributed by atoms with Gasteiger partial charge in [-0.25, -0.2) is 4.39 Å². The summed E-state index contributed by atoms with van der Waals surface area (Å²) in [6.45, 7) is 4.04. The molecule has 0 saturated carbocycles. The van der Waals surface area contributed by atoms with Gasteiger partial charge in [0.05, 0.1) is 12.2 Å². The van der Waals surface area contributed by atoms with Crippen molar-refractivity contribution in [3.63, 3.8) is 0 Å². The number of halogens is 1. The van der Waals surface area contributed by atoms with Crippen LogP contribution in [0, 0.1) is 12.7 Å². The molecule has 4 rings (SSSR count). The molecule has 8 heteroatoms. The number of carbonyl (C=O) groups is 2. The number of ketones is 1. The summed E-state index contributed by atoms with van der Waals surface area (Å²) in [5.74, 6) is -0.885. The van der Waals surface area contributed by atoms with Gasteiger partial charge in [0.2, 0.25) is 5.82 Å². The van der Waals surface area contributed by atoms with E-state index in [1.807, 2.05) is 30.3 Å². The maximum Gasteiger partial charge on any atom is 0.258 e. The minimum Gasteiger partial charge on any atom is -0.380 e. The Labute approximate surface area is 208 Å². The fourth-order valence-electron chi connectivity index (χ4n) is 3.88. The van der Waals surface area contributed by atoms with Crippen molar-refractivity contribution in [3.8, 4) is 34.0 Å². The zero-order valence-corrected chi connectivity index (χ0v) is 20.3. The highest BCUT2D eigenvalue weighted by atomic mass is 19.1. The maximum atomic E-state index is 14.6. The van der Waals surface area contributed by atoms with Gasteiger partial charge in [0.1, 0.15) is 11.6 Å². The fourth-order valence-corrected chi connectivity index (χ4v) is 3.88. The smallest absolute Gasteiger partial charge is 0.258 e. The average Bonchev–Trinajstić information content (AvgIpc) is 3.35. The molecule has 0 spiro atoms. The van der Waals surface area contributed by atoms with Crippen molar-refractivity contribution in [1.29, 1.82) is 0 Å². The highest BCUT2D eigenvalue weighted by Gasteiger charge is 2.17. The molecule has 1 heterocycles. The molecule has 0 bridgehead atoms. The normalized spacial score (nSPS) is 10.9. The topological polar surface area (TPSA) is 94.3 Å². The monoisotopic (exact) mass is 487 g/mol. The van der Waals surface area contributed by atoms with E-state index in [2.05, 4.69) is 34.5 Å². The van der Waals surface area contributed by atoms with Crippen molar-refractivity contribution >= 4 is 11.7 Å². The third-order valence-electron chi connectivity index (χ3n) is 5.75. The molecule has 1 amide bonds. The molecule has 1 N–H and O–H groups in total. The van der Waals surface area contributed by atoms with Crippen LogP contribution in [0.4, 0.5) is 4.39 Å². The van der Waals surface area contributed by atoms with E-state index >= 15 is 0 Å². The van der Waals surface area contributed by atoms with Crippen molar-refractivity contribution in [3.05, 3.63) is 83.2 Å². The van der Waals surface area contributed by atoms with Gasteiger partial charge in [-0.3, -0.25) is 9.59 Å². The zero-order valence-electron chi connectivity index (χ0n) is 20.3. The minimum absolute atomic E-state index is 0.0572. The number of carbonyl (C=O) groups excluding carboxylic acids is 2. The Morgan fingerprint density at radius 1 is 1.03 bits per heavy atom. The van der Waals surface area contributed by atoms with Gasteiger partial charge in [0.15, 0.2) is 0 Å². The zero-order chi connectivity index (χ0) is 25.7. The van der Waals surface area contributed by atoms with Gasteiger partial charge in [-0.05, 0) is 60.4 Å². The largest absolute Gasteiger partial charge is 0.380 e.